The molecule has 1 fully saturated rings. The highest BCUT2D eigenvalue weighted by Crippen LogP contribution is 2.30. The summed E-state index contributed by atoms with van der Waals surface area (Å²) in [7, 11) is 0. The molecule has 0 bridgehead atoms. The normalized spacial score (nSPS) is 13.5. The first kappa shape index (κ1) is 39.3. The van der Waals surface area contributed by atoms with Gasteiger partial charge in [0.25, 0.3) is 5.91 Å². The summed E-state index contributed by atoms with van der Waals surface area (Å²) in [6, 6.07) is 28.0. The van der Waals surface area contributed by atoms with Gasteiger partial charge in [0.1, 0.15) is 29.4 Å². The number of carboxylic acids is 1. The molecule has 0 spiro atoms. The SMILES string of the molecule is CCOC(=O)c1cn(-c2cc(C#N)ccc2O)cc(Oc2ccccc2)c1=O.Cc1cccc2[nH]c(C3CCCN(C(=O)c4ccccc4NCC(=O)O)C3)nc12. The smallest absolute Gasteiger partial charge is 0.343 e. The number of anilines is 1. The summed E-state index contributed by atoms with van der Waals surface area (Å²) in [4.78, 5) is 59.1. The molecule has 1 atom stereocenters. The van der Waals surface area contributed by atoms with Gasteiger partial charge in [0.05, 0.1) is 46.7 Å². The molecule has 1 unspecified atom stereocenters. The molecule has 1 aliphatic heterocycles. The van der Waals surface area contributed by atoms with Gasteiger partial charge in [0.2, 0.25) is 5.43 Å². The molecule has 14 heteroatoms. The molecule has 1 aliphatic rings. The van der Waals surface area contributed by atoms with E-state index in [2.05, 4.69) is 10.3 Å². The van der Waals surface area contributed by atoms with E-state index in [-0.39, 0.29) is 47.7 Å². The lowest BCUT2D eigenvalue weighted by atomic mass is 9.96. The van der Waals surface area contributed by atoms with Gasteiger partial charge in [0, 0.05) is 30.9 Å². The van der Waals surface area contributed by atoms with Crippen LogP contribution in [-0.2, 0) is 9.53 Å². The topological polar surface area (TPSA) is 200 Å². The zero-order valence-corrected chi connectivity index (χ0v) is 31.3. The zero-order chi connectivity index (χ0) is 40.5. The number of para-hydroxylation sites is 3. The lowest BCUT2D eigenvalue weighted by Gasteiger charge is -2.32. The summed E-state index contributed by atoms with van der Waals surface area (Å²) in [5, 5.41) is 31.1. The number of likely N-dealkylation sites (tertiary alicyclic amines) is 1. The van der Waals surface area contributed by atoms with E-state index in [1.165, 1.54) is 35.2 Å². The summed E-state index contributed by atoms with van der Waals surface area (Å²) < 4.78 is 12.0. The van der Waals surface area contributed by atoms with Crippen molar-refractivity contribution in [1.29, 1.82) is 5.26 Å². The first-order chi connectivity index (χ1) is 27.6. The highest BCUT2D eigenvalue weighted by atomic mass is 16.5. The number of phenolic OH excluding ortho intramolecular Hbond substituents is 1. The van der Waals surface area contributed by atoms with Crippen LogP contribution < -0.4 is 15.5 Å². The predicted octanol–water partition coefficient (Wildman–Crippen LogP) is 6.77. The van der Waals surface area contributed by atoms with Gasteiger partial charge in [-0.1, -0.05) is 42.5 Å². The van der Waals surface area contributed by atoms with Crippen molar-refractivity contribution in [3.8, 4) is 29.0 Å². The number of fused-ring (bicyclic) bond motifs is 1. The van der Waals surface area contributed by atoms with Crippen molar-refractivity contribution in [1.82, 2.24) is 19.4 Å². The summed E-state index contributed by atoms with van der Waals surface area (Å²) >= 11 is 0. The summed E-state index contributed by atoms with van der Waals surface area (Å²) in [6.45, 7) is 4.81. The highest BCUT2D eigenvalue weighted by Gasteiger charge is 2.29. The van der Waals surface area contributed by atoms with Crippen molar-refractivity contribution in [3.63, 3.8) is 0 Å². The average molecular weight is 769 g/mol. The van der Waals surface area contributed by atoms with Crippen LogP contribution >= 0.6 is 0 Å². The quantitative estimate of drug-likeness (QED) is 0.107. The number of hydrogen-bond donors (Lipinski definition) is 4. The number of benzene rings is 4. The fourth-order valence-electron chi connectivity index (χ4n) is 6.47. The number of carbonyl (C=O) groups is 3. The van der Waals surface area contributed by atoms with Gasteiger partial charge in [0.15, 0.2) is 5.75 Å². The molecule has 4 N–H and O–H groups in total. The number of imidazole rings is 1. The molecule has 57 heavy (non-hydrogen) atoms. The average Bonchev–Trinajstić information content (AvgIpc) is 3.68. The fraction of sp³-hybridized carbons (Fsp3) is 0.209. The molecule has 0 saturated carbocycles. The van der Waals surface area contributed by atoms with E-state index in [9.17, 15) is 24.3 Å². The minimum atomic E-state index is -0.967. The molecular weight excluding hydrogens is 729 g/mol. The molecule has 2 aromatic heterocycles. The number of hydrogen-bond acceptors (Lipinski definition) is 10. The maximum atomic E-state index is 13.2. The number of carboxylic acid groups (broad SMARTS) is 1. The molecular formula is C43H40N6O8. The van der Waals surface area contributed by atoms with Gasteiger partial charge < -0.3 is 39.5 Å². The van der Waals surface area contributed by atoms with Gasteiger partial charge in [-0.3, -0.25) is 14.4 Å². The van der Waals surface area contributed by atoms with Crippen LogP contribution in [0.3, 0.4) is 0 Å². The Morgan fingerprint density at radius 1 is 1.00 bits per heavy atom. The van der Waals surface area contributed by atoms with E-state index < -0.39 is 17.4 Å². The second-order valence-corrected chi connectivity index (χ2v) is 13.2. The van der Waals surface area contributed by atoms with E-state index in [0.717, 1.165) is 35.3 Å². The first-order valence-electron chi connectivity index (χ1n) is 18.2. The number of aromatic amines is 1. The number of carbonyl (C=O) groups excluding carboxylic acids is 2. The van der Waals surface area contributed by atoms with Crippen LogP contribution in [0, 0.1) is 18.3 Å². The number of nitrogens with zero attached hydrogens (tertiary/aromatic N) is 4. The van der Waals surface area contributed by atoms with Gasteiger partial charge in [-0.25, -0.2) is 9.78 Å². The largest absolute Gasteiger partial charge is 0.506 e. The van der Waals surface area contributed by atoms with Gasteiger partial charge >= 0.3 is 11.9 Å². The Balaban J connectivity index is 0.000000193. The van der Waals surface area contributed by atoms with Crippen molar-refractivity contribution >= 4 is 34.6 Å². The third-order valence-corrected chi connectivity index (χ3v) is 9.26. The number of aryl methyl sites for hydroxylation is 1. The Morgan fingerprint density at radius 3 is 2.51 bits per heavy atom. The van der Waals surface area contributed by atoms with E-state index >= 15 is 0 Å². The molecule has 1 amide bonds. The number of phenols is 1. The van der Waals surface area contributed by atoms with Gasteiger partial charge in [-0.2, -0.15) is 5.26 Å². The molecule has 6 aromatic rings. The molecule has 0 radical (unpaired) electrons. The van der Waals surface area contributed by atoms with E-state index in [0.29, 0.717) is 35.7 Å². The lowest BCUT2D eigenvalue weighted by Crippen LogP contribution is -2.39. The second-order valence-electron chi connectivity index (χ2n) is 13.2. The number of aromatic hydroxyl groups is 1. The summed E-state index contributed by atoms with van der Waals surface area (Å²) in [5.74, 6) is -0.650. The Hall–Kier alpha value is -7.40. The predicted molar refractivity (Wildman–Crippen MR) is 212 cm³/mol. The number of aliphatic carboxylic acids is 1. The van der Waals surface area contributed by atoms with Crippen molar-refractivity contribution in [3.05, 3.63) is 142 Å². The Morgan fingerprint density at radius 2 is 1.77 bits per heavy atom. The van der Waals surface area contributed by atoms with Crippen molar-refractivity contribution in [2.75, 3.05) is 31.6 Å². The van der Waals surface area contributed by atoms with Crippen LogP contribution in [0.15, 0.2) is 108 Å². The van der Waals surface area contributed by atoms with Crippen molar-refractivity contribution in [2.45, 2.75) is 32.6 Å². The first-order valence-corrected chi connectivity index (χ1v) is 18.2. The third-order valence-electron chi connectivity index (χ3n) is 9.26. The van der Waals surface area contributed by atoms with Crippen LogP contribution in [0.2, 0.25) is 0 Å². The van der Waals surface area contributed by atoms with Gasteiger partial charge in [-0.15, -0.1) is 0 Å². The maximum Gasteiger partial charge on any atom is 0.343 e. The van der Waals surface area contributed by atoms with Crippen LogP contribution in [0.25, 0.3) is 16.7 Å². The minimum Gasteiger partial charge on any atom is -0.506 e. The summed E-state index contributed by atoms with van der Waals surface area (Å²) in [5.41, 5.74) is 3.79. The molecule has 3 heterocycles. The van der Waals surface area contributed by atoms with Crippen LogP contribution in [0.4, 0.5) is 5.69 Å². The number of ether oxygens (including phenoxy) is 2. The third kappa shape index (κ3) is 9.29. The van der Waals surface area contributed by atoms with Crippen molar-refractivity contribution < 1.29 is 34.1 Å². The Kier molecular flexibility index (Phi) is 12.3. The second kappa shape index (κ2) is 17.8. The Labute approximate surface area is 327 Å². The molecule has 290 valence electrons. The maximum absolute atomic E-state index is 13.2. The van der Waals surface area contributed by atoms with Crippen LogP contribution in [0.1, 0.15) is 63.4 Å². The Bertz CT molecular complexity index is 2520. The highest BCUT2D eigenvalue weighted by molar-refractivity contribution is 6.00. The summed E-state index contributed by atoms with van der Waals surface area (Å²) in [6.07, 6.45) is 4.46. The minimum absolute atomic E-state index is 0.0875. The number of amides is 1. The standard InChI is InChI=1S/C22H24N4O3.C21H16N2O5/c1-14-6-4-10-18-20(14)25-21(24-18)15-7-5-11-26(13-15)22(29)16-8-2-3-9-17(16)23-12-19(27)28;1-2-27-21(26)16-12-23(17-10-14(11-22)8-9-18(17)24)13-19(20(16)25)28-15-6-4-3-5-7-15/h2-4,6,8-10,15,23H,5,7,11-13H2,1H3,(H,24,25)(H,27,28);3-10,12-13,24H,2H2,1H3. The number of nitrogens with one attached hydrogen (secondary N) is 2. The van der Waals surface area contributed by atoms with E-state index in [1.807, 2.05) is 36.1 Å². The molecule has 1 saturated heterocycles. The number of esters is 1. The van der Waals surface area contributed by atoms with Crippen LogP contribution in [0.5, 0.6) is 17.2 Å². The number of pyridine rings is 1. The lowest BCUT2D eigenvalue weighted by molar-refractivity contribution is -0.134. The molecule has 14 nitrogen and oxygen atoms in total. The van der Waals surface area contributed by atoms with E-state index in [4.69, 9.17) is 24.8 Å². The zero-order valence-electron chi connectivity index (χ0n) is 31.3. The number of aromatic nitrogens is 3. The van der Waals surface area contributed by atoms with Crippen molar-refractivity contribution in [2.24, 2.45) is 0 Å². The monoisotopic (exact) mass is 768 g/mol. The number of rotatable bonds is 10. The van der Waals surface area contributed by atoms with Gasteiger partial charge in [-0.05, 0) is 80.8 Å². The number of nitriles is 1. The molecule has 7 rings (SSSR count). The number of piperidine rings is 1. The molecule has 4 aromatic carbocycles. The van der Waals surface area contributed by atoms with E-state index in [1.54, 1.807) is 61.5 Å². The molecule has 0 aliphatic carbocycles. The fourth-order valence-corrected chi connectivity index (χ4v) is 6.47. The van der Waals surface area contributed by atoms with Crippen LogP contribution in [-0.4, -0.2) is 73.7 Å². The number of H-pyrrole nitrogens is 1.